The fourth-order valence-electron chi connectivity index (χ4n) is 1.07. The third-order valence-corrected chi connectivity index (χ3v) is 1.89. The summed E-state index contributed by atoms with van der Waals surface area (Å²) in [4.78, 5) is 21.6. The Morgan fingerprint density at radius 2 is 2.40 bits per heavy atom. The second kappa shape index (κ2) is 4.61. The second-order valence-electron chi connectivity index (χ2n) is 3.02. The molecule has 0 saturated carbocycles. The lowest BCUT2D eigenvalue weighted by molar-refractivity contribution is -0.138. The van der Waals surface area contributed by atoms with Gasteiger partial charge in [0.05, 0.1) is 13.3 Å². The Hall–Kier alpha value is -1.82. The lowest BCUT2D eigenvalue weighted by Crippen LogP contribution is -2.34. The highest BCUT2D eigenvalue weighted by molar-refractivity contribution is 5.72. The molecule has 1 rings (SSSR count). The molecule has 0 aliphatic rings. The first-order valence-electron chi connectivity index (χ1n) is 4.27. The van der Waals surface area contributed by atoms with Crippen molar-refractivity contribution in [2.24, 2.45) is 5.73 Å². The molecule has 0 radical (unpaired) electrons. The summed E-state index contributed by atoms with van der Waals surface area (Å²) >= 11 is 0. The van der Waals surface area contributed by atoms with Gasteiger partial charge in [-0.05, 0) is 0 Å². The maximum atomic E-state index is 11.1. The van der Waals surface area contributed by atoms with Crippen LogP contribution in [-0.4, -0.2) is 28.8 Å². The van der Waals surface area contributed by atoms with E-state index in [0.717, 1.165) is 0 Å². The summed E-state index contributed by atoms with van der Waals surface area (Å²) < 4.78 is 6.31. The van der Waals surface area contributed by atoms with E-state index >= 15 is 0 Å². The minimum absolute atomic E-state index is 0.0893. The average Bonchev–Trinajstić information content (AvgIpc) is 2.20. The first-order valence-corrected chi connectivity index (χ1v) is 4.27. The largest absolute Gasteiger partial charge is 0.491 e. The van der Waals surface area contributed by atoms with Crippen LogP contribution in [-0.2, 0) is 11.3 Å². The van der Waals surface area contributed by atoms with Crippen molar-refractivity contribution >= 4 is 5.97 Å². The van der Waals surface area contributed by atoms with E-state index in [1.165, 1.54) is 30.1 Å². The van der Waals surface area contributed by atoms with Crippen molar-refractivity contribution in [2.75, 3.05) is 7.11 Å². The van der Waals surface area contributed by atoms with E-state index in [-0.39, 0.29) is 17.7 Å². The van der Waals surface area contributed by atoms with Crippen molar-refractivity contribution in [2.45, 2.75) is 12.6 Å². The molecule has 0 fully saturated rings. The second-order valence-corrected chi connectivity index (χ2v) is 3.02. The number of ether oxygens (including phenoxy) is 1. The Morgan fingerprint density at radius 3 is 2.93 bits per heavy atom. The van der Waals surface area contributed by atoms with Crippen LogP contribution >= 0.6 is 0 Å². The van der Waals surface area contributed by atoms with E-state index in [4.69, 9.17) is 15.6 Å². The minimum Gasteiger partial charge on any atom is -0.491 e. The van der Waals surface area contributed by atoms with Gasteiger partial charge in [-0.15, -0.1) is 0 Å². The van der Waals surface area contributed by atoms with Gasteiger partial charge in [0.1, 0.15) is 6.04 Å². The summed E-state index contributed by atoms with van der Waals surface area (Å²) in [5, 5.41) is 8.59. The number of hydrogen-bond acceptors (Lipinski definition) is 4. The number of rotatable bonds is 4. The van der Waals surface area contributed by atoms with Crippen molar-refractivity contribution in [1.29, 1.82) is 0 Å². The van der Waals surface area contributed by atoms with Crippen LogP contribution in [0, 0.1) is 0 Å². The Labute approximate surface area is 85.9 Å². The molecule has 1 atom stereocenters. The third kappa shape index (κ3) is 2.81. The van der Waals surface area contributed by atoms with Gasteiger partial charge < -0.3 is 20.1 Å². The number of pyridine rings is 1. The van der Waals surface area contributed by atoms with Crippen molar-refractivity contribution in [3.8, 4) is 5.75 Å². The monoisotopic (exact) mass is 212 g/mol. The summed E-state index contributed by atoms with van der Waals surface area (Å²) in [5.74, 6) is -0.928. The highest BCUT2D eigenvalue weighted by atomic mass is 16.5. The highest BCUT2D eigenvalue weighted by Gasteiger charge is 2.11. The van der Waals surface area contributed by atoms with Gasteiger partial charge >= 0.3 is 5.97 Å². The first kappa shape index (κ1) is 11.3. The Balaban J connectivity index is 2.87. The highest BCUT2D eigenvalue weighted by Crippen LogP contribution is 2.01. The molecule has 0 unspecified atom stereocenters. The molecule has 82 valence electrons. The van der Waals surface area contributed by atoms with E-state index in [2.05, 4.69) is 0 Å². The average molecular weight is 212 g/mol. The van der Waals surface area contributed by atoms with Gasteiger partial charge in [-0.25, -0.2) is 0 Å². The minimum atomic E-state index is -1.09. The fourth-order valence-corrected chi connectivity index (χ4v) is 1.07. The molecule has 15 heavy (non-hydrogen) atoms. The summed E-state index contributed by atoms with van der Waals surface area (Å²) in [6, 6.07) is 0.296. The van der Waals surface area contributed by atoms with E-state index in [1.807, 2.05) is 0 Å². The maximum absolute atomic E-state index is 11.1. The number of nitrogens with zero attached hydrogens (tertiary/aromatic N) is 1. The van der Waals surface area contributed by atoms with Gasteiger partial charge in [0.15, 0.2) is 5.75 Å². The molecule has 1 aromatic heterocycles. The first-order chi connectivity index (χ1) is 7.04. The molecule has 0 amide bonds. The van der Waals surface area contributed by atoms with Gasteiger partial charge in [-0.1, -0.05) is 0 Å². The summed E-state index contributed by atoms with van der Waals surface area (Å²) in [5.41, 5.74) is 5.09. The van der Waals surface area contributed by atoms with Gasteiger partial charge in [-0.3, -0.25) is 9.59 Å². The zero-order valence-electron chi connectivity index (χ0n) is 8.21. The standard InChI is InChI=1S/C9H12N2O4/c1-15-8-5-11(3-2-7(8)12)4-6(10)9(13)14/h2-3,5-6H,4,10H2,1H3,(H,13,14)/t6-/m0/s1. The van der Waals surface area contributed by atoms with Crippen LogP contribution in [0.2, 0.25) is 0 Å². The van der Waals surface area contributed by atoms with Crippen LogP contribution in [0.4, 0.5) is 0 Å². The fraction of sp³-hybridized carbons (Fsp3) is 0.333. The molecule has 0 spiro atoms. The molecule has 0 bridgehead atoms. The number of hydrogen-bond donors (Lipinski definition) is 2. The molecule has 6 nitrogen and oxygen atoms in total. The van der Waals surface area contributed by atoms with Crippen LogP contribution in [0.1, 0.15) is 0 Å². The number of aliphatic carboxylic acids is 1. The summed E-state index contributed by atoms with van der Waals surface area (Å²) in [7, 11) is 1.37. The quantitative estimate of drug-likeness (QED) is 0.686. The van der Waals surface area contributed by atoms with E-state index in [0.29, 0.717) is 0 Å². The zero-order chi connectivity index (χ0) is 11.4. The molecular weight excluding hydrogens is 200 g/mol. The number of carbonyl (C=O) groups is 1. The lowest BCUT2D eigenvalue weighted by atomic mass is 10.3. The summed E-state index contributed by atoms with van der Waals surface area (Å²) in [6.07, 6.45) is 2.89. The molecule has 1 aromatic rings. The molecule has 1 heterocycles. The molecule has 6 heteroatoms. The number of carboxylic acid groups (broad SMARTS) is 1. The van der Waals surface area contributed by atoms with Crippen LogP contribution in [0.3, 0.4) is 0 Å². The Bertz CT molecular complexity index is 413. The van der Waals surface area contributed by atoms with Gasteiger partial charge in [0, 0.05) is 18.8 Å². The molecule has 0 aliphatic heterocycles. The maximum Gasteiger partial charge on any atom is 0.322 e. The summed E-state index contributed by atoms with van der Waals surface area (Å²) in [6.45, 7) is 0.0893. The SMILES string of the molecule is COc1cn(C[C@H](N)C(=O)O)ccc1=O. The number of aromatic nitrogens is 1. The number of methoxy groups -OCH3 is 1. The van der Waals surface area contributed by atoms with Gasteiger partial charge in [0.2, 0.25) is 5.43 Å². The number of carboxylic acids is 1. The van der Waals surface area contributed by atoms with Crippen LogP contribution < -0.4 is 15.9 Å². The normalized spacial score (nSPS) is 12.1. The van der Waals surface area contributed by atoms with Gasteiger partial charge in [0.25, 0.3) is 0 Å². The molecule has 0 aromatic carbocycles. The molecule has 0 aliphatic carbocycles. The Morgan fingerprint density at radius 1 is 1.73 bits per heavy atom. The van der Waals surface area contributed by atoms with E-state index < -0.39 is 12.0 Å². The van der Waals surface area contributed by atoms with E-state index in [9.17, 15) is 9.59 Å². The topological polar surface area (TPSA) is 94.6 Å². The van der Waals surface area contributed by atoms with Gasteiger partial charge in [-0.2, -0.15) is 0 Å². The zero-order valence-corrected chi connectivity index (χ0v) is 8.21. The van der Waals surface area contributed by atoms with Crippen molar-refractivity contribution in [3.05, 3.63) is 28.7 Å². The molecule has 3 N–H and O–H groups in total. The van der Waals surface area contributed by atoms with Crippen LogP contribution in [0.15, 0.2) is 23.3 Å². The predicted molar refractivity (Wildman–Crippen MR) is 52.9 cm³/mol. The van der Waals surface area contributed by atoms with E-state index in [1.54, 1.807) is 0 Å². The van der Waals surface area contributed by atoms with Crippen LogP contribution in [0.5, 0.6) is 5.75 Å². The lowest BCUT2D eigenvalue weighted by Gasteiger charge is -2.10. The van der Waals surface area contributed by atoms with Crippen molar-refractivity contribution in [1.82, 2.24) is 4.57 Å². The van der Waals surface area contributed by atoms with Crippen molar-refractivity contribution < 1.29 is 14.6 Å². The predicted octanol–water partition coefficient (Wildman–Crippen LogP) is -0.731. The third-order valence-electron chi connectivity index (χ3n) is 1.89. The smallest absolute Gasteiger partial charge is 0.322 e. The van der Waals surface area contributed by atoms with Crippen LogP contribution in [0.25, 0.3) is 0 Å². The number of nitrogens with two attached hydrogens (primary N) is 1. The molecular formula is C9H12N2O4. The Kier molecular flexibility index (Phi) is 3.46. The molecule has 0 saturated heterocycles. The van der Waals surface area contributed by atoms with Crippen molar-refractivity contribution in [3.63, 3.8) is 0 Å².